The van der Waals surface area contributed by atoms with Crippen LogP contribution in [0.25, 0.3) is 0 Å². The monoisotopic (exact) mass is 225 g/mol. The smallest absolute Gasteiger partial charge is 0.137 e. The van der Waals surface area contributed by atoms with Crippen molar-refractivity contribution in [3.05, 3.63) is 24.0 Å². The van der Waals surface area contributed by atoms with Crippen LogP contribution in [-0.2, 0) is 0 Å². The molecule has 1 saturated carbocycles. The minimum atomic E-state index is 0.257. The van der Waals surface area contributed by atoms with E-state index < -0.39 is 0 Å². The Labute approximate surface area is 95.6 Å². The highest BCUT2D eigenvalue weighted by molar-refractivity contribution is 6.21. The maximum Gasteiger partial charge on any atom is 0.137 e. The Morgan fingerprint density at radius 1 is 1.33 bits per heavy atom. The Morgan fingerprint density at radius 3 is 2.87 bits per heavy atom. The molecule has 1 aliphatic carbocycles. The van der Waals surface area contributed by atoms with E-state index in [0.29, 0.717) is 5.92 Å². The normalized spacial score (nSPS) is 26.3. The predicted molar refractivity (Wildman–Crippen MR) is 61.6 cm³/mol. The van der Waals surface area contributed by atoms with Crippen LogP contribution >= 0.6 is 11.6 Å². The molecule has 0 amide bonds. The highest BCUT2D eigenvalue weighted by atomic mass is 35.5. The number of nitrogens with zero attached hydrogens (tertiary/aromatic N) is 1. The fourth-order valence-electron chi connectivity index (χ4n) is 2.21. The van der Waals surface area contributed by atoms with Gasteiger partial charge in [0.1, 0.15) is 5.75 Å². The first-order chi connectivity index (χ1) is 7.31. The molecule has 0 saturated heterocycles. The van der Waals surface area contributed by atoms with Crippen molar-refractivity contribution < 1.29 is 4.74 Å². The van der Waals surface area contributed by atoms with Gasteiger partial charge in [-0.25, -0.2) is 0 Å². The molecule has 2 nitrogen and oxygen atoms in total. The number of hydrogen-bond donors (Lipinski definition) is 0. The average Bonchev–Trinajstić information content (AvgIpc) is 2.30. The van der Waals surface area contributed by atoms with Gasteiger partial charge in [0.15, 0.2) is 0 Å². The van der Waals surface area contributed by atoms with E-state index in [1.165, 1.54) is 24.8 Å². The number of methoxy groups -OCH3 is 1. The van der Waals surface area contributed by atoms with E-state index in [9.17, 15) is 0 Å². The van der Waals surface area contributed by atoms with Crippen LogP contribution in [0.3, 0.4) is 0 Å². The summed E-state index contributed by atoms with van der Waals surface area (Å²) in [5.41, 5.74) is 1.22. The van der Waals surface area contributed by atoms with E-state index in [4.69, 9.17) is 16.3 Å². The molecule has 1 aromatic rings. The molecule has 0 aliphatic heterocycles. The molecule has 0 radical (unpaired) electrons. The fourth-order valence-corrected chi connectivity index (χ4v) is 2.64. The second kappa shape index (κ2) is 4.84. The number of alkyl halides is 1. The third kappa shape index (κ3) is 2.43. The molecule has 0 spiro atoms. The van der Waals surface area contributed by atoms with Gasteiger partial charge < -0.3 is 4.74 Å². The molecule has 2 atom stereocenters. The van der Waals surface area contributed by atoms with Gasteiger partial charge >= 0.3 is 0 Å². The second-order valence-corrected chi connectivity index (χ2v) is 4.63. The SMILES string of the molecule is COc1cncc(C2CCCCC2Cl)c1. The maximum atomic E-state index is 6.34. The molecule has 1 heterocycles. The van der Waals surface area contributed by atoms with Crippen molar-refractivity contribution in [1.82, 2.24) is 4.98 Å². The third-order valence-electron chi connectivity index (χ3n) is 3.08. The van der Waals surface area contributed by atoms with Gasteiger partial charge in [0, 0.05) is 17.5 Å². The van der Waals surface area contributed by atoms with Crippen LogP contribution in [-0.4, -0.2) is 17.5 Å². The lowest BCUT2D eigenvalue weighted by molar-refractivity contribution is 0.408. The van der Waals surface area contributed by atoms with Crippen molar-refractivity contribution in [1.29, 1.82) is 0 Å². The predicted octanol–water partition coefficient (Wildman–Crippen LogP) is 3.36. The van der Waals surface area contributed by atoms with Gasteiger partial charge in [0.2, 0.25) is 0 Å². The molecule has 15 heavy (non-hydrogen) atoms. The number of halogens is 1. The Balaban J connectivity index is 2.19. The van der Waals surface area contributed by atoms with E-state index in [1.54, 1.807) is 13.3 Å². The topological polar surface area (TPSA) is 22.1 Å². The highest BCUT2D eigenvalue weighted by Gasteiger charge is 2.25. The number of rotatable bonds is 2. The van der Waals surface area contributed by atoms with Crippen molar-refractivity contribution in [2.45, 2.75) is 37.0 Å². The summed E-state index contributed by atoms with van der Waals surface area (Å²) in [7, 11) is 1.67. The van der Waals surface area contributed by atoms with Crippen molar-refractivity contribution in [3.63, 3.8) is 0 Å². The molecule has 82 valence electrons. The summed E-state index contributed by atoms with van der Waals surface area (Å²) in [5.74, 6) is 1.27. The largest absolute Gasteiger partial charge is 0.495 e. The van der Waals surface area contributed by atoms with Crippen LogP contribution in [0, 0.1) is 0 Å². The summed E-state index contributed by atoms with van der Waals surface area (Å²) in [4.78, 5) is 4.18. The molecule has 0 N–H and O–H groups in total. The maximum absolute atomic E-state index is 6.34. The molecular weight excluding hydrogens is 210 g/mol. The number of pyridine rings is 1. The second-order valence-electron chi connectivity index (χ2n) is 4.07. The molecule has 3 heteroatoms. The Kier molecular flexibility index (Phi) is 3.47. The summed E-state index contributed by atoms with van der Waals surface area (Å²) in [5, 5.41) is 0.257. The van der Waals surface area contributed by atoms with Crippen LogP contribution in [0.1, 0.15) is 37.2 Å². The molecule has 2 unspecified atom stereocenters. The van der Waals surface area contributed by atoms with E-state index in [0.717, 1.165) is 12.2 Å². The van der Waals surface area contributed by atoms with Gasteiger partial charge in [-0.3, -0.25) is 4.98 Å². The van der Waals surface area contributed by atoms with E-state index >= 15 is 0 Å². The van der Waals surface area contributed by atoms with E-state index in [-0.39, 0.29) is 5.38 Å². The lowest BCUT2D eigenvalue weighted by Crippen LogP contribution is -2.17. The van der Waals surface area contributed by atoms with Gasteiger partial charge in [0.05, 0.1) is 13.3 Å². The Bertz CT molecular complexity index is 329. The third-order valence-corrected chi connectivity index (χ3v) is 3.60. The summed E-state index contributed by atoms with van der Waals surface area (Å²) >= 11 is 6.34. The van der Waals surface area contributed by atoms with Gasteiger partial charge in [-0.05, 0) is 24.5 Å². The minimum absolute atomic E-state index is 0.257. The summed E-state index contributed by atoms with van der Waals surface area (Å²) in [6.07, 6.45) is 8.45. The van der Waals surface area contributed by atoms with Crippen molar-refractivity contribution in [3.8, 4) is 5.75 Å². The number of hydrogen-bond acceptors (Lipinski definition) is 2. The highest BCUT2D eigenvalue weighted by Crippen LogP contribution is 2.36. The quantitative estimate of drug-likeness (QED) is 0.721. The standard InChI is InChI=1S/C12H16ClNO/c1-15-10-6-9(7-14-8-10)11-4-2-3-5-12(11)13/h6-8,11-12H,2-5H2,1H3. The molecule has 0 aromatic carbocycles. The minimum Gasteiger partial charge on any atom is -0.495 e. The first kappa shape index (κ1) is 10.7. The van der Waals surface area contributed by atoms with Crippen LogP contribution in [0.2, 0.25) is 0 Å². The molecule has 0 bridgehead atoms. The Hall–Kier alpha value is -0.760. The van der Waals surface area contributed by atoms with Gasteiger partial charge in [-0.2, -0.15) is 0 Å². The van der Waals surface area contributed by atoms with Crippen LogP contribution in [0.5, 0.6) is 5.75 Å². The average molecular weight is 226 g/mol. The van der Waals surface area contributed by atoms with Gasteiger partial charge in [-0.15, -0.1) is 11.6 Å². The molecule has 2 rings (SSSR count). The van der Waals surface area contributed by atoms with Crippen molar-refractivity contribution in [2.75, 3.05) is 7.11 Å². The molecular formula is C12H16ClNO. The summed E-state index contributed by atoms with van der Waals surface area (Å²) in [6.45, 7) is 0. The number of aromatic nitrogens is 1. The van der Waals surface area contributed by atoms with Crippen molar-refractivity contribution in [2.24, 2.45) is 0 Å². The zero-order valence-electron chi connectivity index (χ0n) is 8.95. The van der Waals surface area contributed by atoms with Crippen LogP contribution < -0.4 is 4.74 Å². The summed E-state index contributed by atoms with van der Waals surface area (Å²) < 4.78 is 5.18. The van der Waals surface area contributed by atoms with E-state index in [2.05, 4.69) is 11.1 Å². The fraction of sp³-hybridized carbons (Fsp3) is 0.583. The first-order valence-electron chi connectivity index (χ1n) is 5.44. The zero-order valence-corrected chi connectivity index (χ0v) is 9.70. The first-order valence-corrected chi connectivity index (χ1v) is 5.88. The van der Waals surface area contributed by atoms with Crippen molar-refractivity contribution >= 4 is 11.6 Å². The molecule has 1 aliphatic rings. The number of ether oxygens (including phenoxy) is 1. The molecule has 1 fully saturated rings. The lowest BCUT2D eigenvalue weighted by atomic mass is 9.84. The van der Waals surface area contributed by atoms with Gasteiger partial charge in [0.25, 0.3) is 0 Å². The summed E-state index contributed by atoms with van der Waals surface area (Å²) in [6, 6.07) is 2.05. The molecule has 1 aromatic heterocycles. The Morgan fingerprint density at radius 2 is 2.13 bits per heavy atom. The zero-order chi connectivity index (χ0) is 10.7. The van der Waals surface area contributed by atoms with Crippen LogP contribution in [0.15, 0.2) is 18.5 Å². The van der Waals surface area contributed by atoms with E-state index in [1.807, 2.05) is 6.20 Å². The lowest BCUT2D eigenvalue weighted by Gasteiger charge is -2.27. The van der Waals surface area contributed by atoms with Crippen LogP contribution in [0.4, 0.5) is 0 Å². The van der Waals surface area contributed by atoms with Gasteiger partial charge in [-0.1, -0.05) is 12.8 Å².